The zero-order valence-corrected chi connectivity index (χ0v) is 9.90. The van der Waals surface area contributed by atoms with Gasteiger partial charge >= 0.3 is 0 Å². The van der Waals surface area contributed by atoms with E-state index in [4.69, 9.17) is 4.74 Å². The van der Waals surface area contributed by atoms with Crippen LogP contribution in [0.4, 0.5) is 0 Å². The van der Waals surface area contributed by atoms with Crippen LogP contribution < -0.4 is 0 Å². The molecule has 1 aromatic rings. The van der Waals surface area contributed by atoms with Crippen LogP contribution in [0.25, 0.3) is 0 Å². The van der Waals surface area contributed by atoms with Crippen molar-refractivity contribution in [2.75, 3.05) is 6.61 Å². The molecule has 0 radical (unpaired) electrons. The van der Waals surface area contributed by atoms with E-state index in [2.05, 4.69) is 5.10 Å². The van der Waals surface area contributed by atoms with Gasteiger partial charge in [-0.25, -0.2) is 0 Å². The van der Waals surface area contributed by atoms with Gasteiger partial charge in [-0.15, -0.1) is 0 Å². The van der Waals surface area contributed by atoms with Gasteiger partial charge in [0, 0.05) is 19.7 Å². The molecule has 0 spiro atoms. The molecule has 1 unspecified atom stereocenters. The largest absolute Gasteiger partial charge is 0.390 e. The van der Waals surface area contributed by atoms with Crippen LogP contribution in [0.5, 0.6) is 0 Å². The van der Waals surface area contributed by atoms with E-state index in [-0.39, 0.29) is 5.60 Å². The minimum Gasteiger partial charge on any atom is -0.390 e. The van der Waals surface area contributed by atoms with Crippen LogP contribution in [0, 0.1) is 0 Å². The number of aliphatic hydroxyl groups is 1. The molecule has 1 atom stereocenters. The average Bonchev–Trinajstić information content (AvgIpc) is 2.47. The van der Waals surface area contributed by atoms with Crippen molar-refractivity contribution in [1.29, 1.82) is 0 Å². The Morgan fingerprint density at radius 2 is 2.20 bits per heavy atom. The zero-order valence-electron chi connectivity index (χ0n) is 9.90. The SMILES string of the molecule is Cn1cc(CC(O)COC(C)(C)C)cn1. The molecule has 0 amide bonds. The van der Waals surface area contributed by atoms with Crippen LogP contribution in [0.2, 0.25) is 0 Å². The van der Waals surface area contributed by atoms with Crippen molar-refractivity contribution in [1.82, 2.24) is 9.78 Å². The Kier molecular flexibility index (Phi) is 3.88. The second-order valence-electron chi connectivity index (χ2n) is 4.80. The fourth-order valence-corrected chi connectivity index (χ4v) is 1.25. The highest BCUT2D eigenvalue weighted by Crippen LogP contribution is 2.09. The van der Waals surface area contributed by atoms with E-state index in [1.54, 1.807) is 10.9 Å². The van der Waals surface area contributed by atoms with Gasteiger partial charge in [-0.2, -0.15) is 5.10 Å². The third-order valence-corrected chi connectivity index (χ3v) is 1.94. The summed E-state index contributed by atoms with van der Waals surface area (Å²) < 4.78 is 7.22. The fourth-order valence-electron chi connectivity index (χ4n) is 1.25. The molecule has 15 heavy (non-hydrogen) atoms. The summed E-state index contributed by atoms with van der Waals surface area (Å²) in [6.45, 7) is 6.29. The molecule has 0 saturated heterocycles. The number of ether oxygens (including phenoxy) is 1. The summed E-state index contributed by atoms with van der Waals surface area (Å²) in [5.74, 6) is 0. The van der Waals surface area contributed by atoms with Gasteiger partial charge in [-0.1, -0.05) is 0 Å². The number of nitrogens with zero attached hydrogens (tertiary/aromatic N) is 2. The average molecular weight is 212 g/mol. The predicted octanol–water partition coefficient (Wildman–Crippen LogP) is 1.14. The van der Waals surface area contributed by atoms with Crippen molar-refractivity contribution < 1.29 is 9.84 Å². The topological polar surface area (TPSA) is 47.3 Å². The van der Waals surface area contributed by atoms with Crippen molar-refractivity contribution in [3.63, 3.8) is 0 Å². The molecular weight excluding hydrogens is 192 g/mol. The highest BCUT2D eigenvalue weighted by Gasteiger charge is 2.14. The maximum atomic E-state index is 9.71. The third-order valence-electron chi connectivity index (χ3n) is 1.94. The highest BCUT2D eigenvalue weighted by atomic mass is 16.5. The lowest BCUT2D eigenvalue weighted by Gasteiger charge is -2.21. The summed E-state index contributed by atoms with van der Waals surface area (Å²) in [6.07, 6.45) is 3.79. The van der Waals surface area contributed by atoms with Crippen molar-refractivity contribution in [3.8, 4) is 0 Å². The highest BCUT2D eigenvalue weighted by molar-refractivity contribution is 5.04. The molecular formula is C11H20N2O2. The lowest BCUT2D eigenvalue weighted by Crippen LogP contribution is -2.27. The number of hydrogen-bond donors (Lipinski definition) is 1. The fraction of sp³-hybridized carbons (Fsp3) is 0.727. The quantitative estimate of drug-likeness (QED) is 0.814. The first kappa shape index (κ1) is 12.2. The Balaban J connectivity index is 2.33. The molecule has 0 aliphatic carbocycles. The Bertz CT molecular complexity index is 302. The number of rotatable bonds is 4. The Hall–Kier alpha value is -0.870. The first-order chi connectivity index (χ1) is 6.87. The molecule has 86 valence electrons. The summed E-state index contributed by atoms with van der Waals surface area (Å²) in [4.78, 5) is 0. The Morgan fingerprint density at radius 1 is 1.53 bits per heavy atom. The van der Waals surface area contributed by atoms with Gasteiger partial charge in [0.05, 0.1) is 24.5 Å². The lowest BCUT2D eigenvalue weighted by molar-refractivity contribution is -0.0482. The van der Waals surface area contributed by atoms with Crippen LogP contribution in [-0.2, 0) is 18.2 Å². The molecule has 4 heteroatoms. The Labute approximate surface area is 90.9 Å². The molecule has 0 aromatic carbocycles. The van der Waals surface area contributed by atoms with Crippen molar-refractivity contribution in [2.24, 2.45) is 7.05 Å². The van der Waals surface area contributed by atoms with Crippen LogP contribution in [0.1, 0.15) is 26.3 Å². The molecule has 0 aliphatic rings. The molecule has 1 rings (SSSR count). The normalized spacial score (nSPS) is 14.2. The van der Waals surface area contributed by atoms with Gasteiger partial charge in [-0.05, 0) is 26.3 Å². The molecule has 0 bridgehead atoms. The minimum absolute atomic E-state index is 0.198. The molecule has 4 nitrogen and oxygen atoms in total. The van der Waals surface area contributed by atoms with Gasteiger partial charge in [0.2, 0.25) is 0 Å². The number of hydrogen-bond acceptors (Lipinski definition) is 3. The predicted molar refractivity (Wildman–Crippen MR) is 58.6 cm³/mol. The lowest BCUT2D eigenvalue weighted by atomic mass is 10.1. The standard InChI is InChI=1S/C11H20N2O2/c1-11(2,3)15-8-10(14)5-9-6-12-13(4)7-9/h6-7,10,14H,5,8H2,1-4H3. The number of aromatic nitrogens is 2. The molecule has 1 N–H and O–H groups in total. The first-order valence-electron chi connectivity index (χ1n) is 5.16. The van der Waals surface area contributed by atoms with Gasteiger partial charge < -0.3 is 9.84 Å². The summed E-state index contributed by atoms with van der Waals surface area (Å²) in [5.41, 5.74) is 0.832. The maximum Gasteiger partial charge on any atom is 0.0815 e. The van der Waals surface area contributed by atoms with Crippen molar-refractivity contribution in [2.45, 2.75) is 38.9 Å². The second-order valence-corrected chi connectivity index (χ2v) is 4.80. The summed E-state index contributed by atoms with van der Waals surface area (Å²) in [6, 6.07) is 0. The van der Waals surface area contributed by atoms with E-state index in [1.165, 1.54) is 0 Å². The number of aryl methyl sites for hydroxylation is 1. The minimum atomic E-state index is -0.464. The molecule has 0 aliphatic heterocycles. The monoisotopic (exact) mass is 212 g/mol. The van der Waals surface area contributed by atoms with Gasteiger partial charge in [0.15, 0.2) is 0 Å². The molecule has 0 fully saturated rings. The summed E-state index contributed by atoms with van der Waals surface area (Å²) >= 11 is 0. The van der Waals surface area contributed by atoms with E-state index in [9.17, 15) is 5.11 Å². The van der Waals surface area contributed by atoms with Gasteiger partial charge in [0.1, 0.15) is 0 Å². The smallest absolute Gasteiger partial charge is 0.0815 e. The molecule has 1 heterocycles. The van der Waals surface area contributed by atoms with Crippen LogP contribution >= 0.6 is 0 Å². The van der Waals surface area contributed by atoms with Gasteiger partial charge in [-0.3, -0.25) is 4.68 Å². The van der Waals surface area contributed by atoms with E-state index in [0.29, 0.717) is 13.0 Å². The van der Waals surface area contributed by atoms with E-state index in [0.717, 1.165) is 5.56 Å². The van der Waals surface area contributed by atoms with E-state index >= 15 is 0 Å². The number of aliphatic hydroxyl groups excluding tert-OH is 1. The first-order valence-corrected chi connectivity index (χ1v) is 5.16. The van der Waals surface area contributed by atoms with Gasteiger partial charge in [0.25, 0.3) is 0 Å². The summed E-state index contributed by atoms with van der Waals surface area (Å²) in [5, 5.41) is 13.8. The summed E-state index contributed by atoms with van der Waals surface area (Å²) in [7, 11) is 1.86. The second kappa shape index (κ2) is 4.77. The Morgan fingerprint density at radius 3 is 2.67 bits per heavy atom. The van der Waals surface area contributed by atoms with Crippen LogP contribution in [-0.4, -0.2) is 33.2 Å². The zero-order chi connectivity index (χ0) is 11.5. The van der Waals surface area contributed by atoms with Crippen molar-refractivity contribution in [3.05, 3.63) is 18.0 Å². The molecule has 0 saturated carbocycles. The van der Waals surface area contributed by atoms with E-state index < -0.39 is 6.10 Å². The van der Waals surface area contributed by atoms with Crippen LogP contribution in [0.3, 0.4) is 0 Å². The van der Waals surface area contributed by atoms with Crippen LogP contribution in [0.15, 0.2) is 12.4 Å². The third kappa shape index (κ3) is 4.95. The maximum absolute atomic E-state index is 9.71. The molecule has 1 aromatic heterocycles. The van der Waals surface area contributed by atoms with E-state index in [1.807, 2.05) is 34.0 Å². The van der Waals surface area contributed by atoms with Crippen molar-refractivity contribution >= 4 is 0 Å².